The van der Waals surface area contributed by atoms with E-state index in [4.69, 9.17) is 14.2 Å². The fraction of sp³-hybridized carbons (Fsp3) is 0.333. The quantitative estimate of drug-likeness (QED) is 0.495. The Balaban J connectivity index is 1.03. The van der Waals surface area contributed by atoms with Gasteiger partial charge in [0.2, 0.25) is 0 Å². The summed E-state index contributed by atoms with van der Waals surface area (Å²) in [5.41, 5.74) is 0.748. The van der Waals surface area contributed by atoms with Crippen LogP contribution >= 0.6 is 0 Å². The summed E-state index contributed by atoms with van der Waals surface area (Å²) in [4.78, 5) is 18.8. The Morgan fingerprint density at radius 2 is 1.82 bits per heavy atom. The number of benzene rings is 2. The van der Waals surface area contributed by atoms with Gasteiger partial charge in [-0.2, -0.15) is 0 Å². The first-order chi connectivity index (χ1) is 18.5. The number of fused-ring (bicyclic) bond motifs is 3. The Morgan fingerprint density at radius 3 is 2.58 bits per heavy atom. The number of carbonyl (C=O) groups excluding carboxylic acids is 1. The van der Waals surface area contributed by atoms with E-state index in [0.29, 0.717) is 36.8 Å². The van der Waals surface area contributed by atoms with E-state index in [0.717, 1.165) is 25.2 Å². The highest BCUT2D eigenvalue weighted by Crippen LogP contribution is 2.55. The number of hydrogen-bond donors (Lipinski definition) is 2. The normalized spacial score (nSPS) is 22.0. The minimum absolute atomic E-state index is 0.0835. The van der Waals surface area contributed by atoms with Crippen molar-refractivity contribution >= 4 is 11.8 Å². The van der Waals surface area contributed by atoms with Gasteiger partial charge in [0.15, 0.2) is 11.6 Å². The smallest absolute Gasteiger partial charge is 0.320 e. The summed E-state index contributed by atoms with van der Waals surface area (Å²) in [6, 6.07) is 9.07. The minimum Gasteiger partial charge on any atom is -0.490 e. The molecule has 0 bridgehead atoms. The van der Waals surface area contributed by atoms with Gasteiger partial charge in [-0.3, -0.25) is 10.2 Å². The highest BCUT2D eigenvalue weighted by molar-refractivity contribution is 5.89. The van der Waals surface area contributed by atoms with Crippen LogP contribution < -0.4 is 20.1 Å². The van der Waals surface area contributed by atoms with Gasteiger partial charge in [0, 0.05) is 54.7 Å². The summed E-state index contributed by atoms with van der Waals surface area (Å²) in [7, 11) is 0. The van der Waals surface area contributed by atoms with E-state index in [1.165, 1.54) is 12.3 Å². The van der Waals surface area contributed by atoms with Crippen molar-refractivity contribution < 1.29 is 32.2 Å². The molecule has 198 valence electrons. The number of morpholine rings is 1. The van der Waals surface area contributed by atoms with E-state index in [1.807, 2.05) is 0 Å². The van der Waals surface area contributed by atoms with E-state index in [1.54, 1.807) is 24.3 Å². The van der Waals surface area contributed by atoms with Crippen molar-refractivity contribution in [2.45, 2.75) is 18.5 Å². The second kappa shape index (κ2) is 10.1. The molecule has 2 aliphatic heterocycles. The lowest BCUT2D eigenvalue weighted by Crippen LogP contribution is -2.35. The van der Waals surface area contributed by atoms with Crippen molar-refractivity contribution in [1.82, 2.24) is 15.2 Å². The lowest BCUT2D eigenvalue weighted by Gasteiger charge is -2.26. The number of anilines is 1. The lowest BCUT2D eigenvalue weighted by molar-refractivity contribution is 0.0337. The van der Waals surface area contributed by atoms with E-state index in [-0.39, 0.29) is 47.4 Å². The maximum Gasteiger partial charge on any atom is 0.320 e. The Kier molecular flexibility index (Phi) is 6.54. The van der Waals surface area contributed by atoms with Gasteiger partial charge < -0.3 is 19.5 Å². The molecule has 2 aromatic carbocycles. The molecule has 11 heteroatoms. The third-order valence-electron chi connectivity index (χ3n) is 7.05. The fourth-order valence-corrected chi connectivity index (χ4v) is 5.03. The van der Waals surface area contributed by atoms with Crippen LogP contribution in [0.2, 0.25) is 0 Å². The number of halogens is 3. The fourth-order valence-electron chi connectivity index (χ4n) is 5.03. The molecule has 3 aliphatic rings. The molecule has 1 saturated heterocycles. The van der Waals surface area contributed by atoms with Gasteiger partial charge in [0.05, 0.1) is 26.0 Å². The molecule has 0 radical (unpaired) electrons. The average molecular weight is 527 g/mol. The summed E-state index contributed by atoms with van der Waals surface area (Å²) in [6.45, 7) is 3.54. The van der Waals surface area contributed by atoms with Crippen molar-refractivity contribution in [1.29, 1.82) is 0 Å². The SMILES string of the molecule is O=C(Nc1ccc(Oc2ccc(CN3CCOCC3)c(F)c2)cn1)N[C@@H]1[C@@H]2COc3c(F)ccc(F)c3[C@@H]21. The first-order valence-electron chi connectivity index (χ1n) is 12.4. The molecule has 1 aliphatic carbocycles. The van der Waals surface area contributed by atoms with Gasteiger partial charge in [-0.1, -0.05) is 6.07 Å². The molecular formula is C27H25F3N4O4. The molecule has 2 amide bonds. The number of nitrogens with zero attached hydrogens (tertiary/aromatic N) is 2. The monoisotopic (exact) mass is 526 g/mol. The van der Waals surface area contributed by atoms with Gasteiger partial charge in [0.25, 0.3) is 0 Å². The van der Waals surface area contributed by atoms with Crippen molar-refractivity contribution in [3.63, 3.8) is 0 Å². The van der Waals surface area contributed by atoms with Crippen molar-refractivity contribution in [2.75, 3.05) is 38.2 Å². The highest BCUT2D eigenvalue weighted by atomic mass is 19.1. The van der Waals surface area contributed by atoms with Crippen LogP contribution in [0.4, 0.5) is 23.8 Å². The van der Waals surface area contributed by atoms with Crippen LogP contribution in [-0.2, 0) is 11.3 Å². The van der Waals surface area contributed by atoms with Crippen molar-refractivity contribution in [2.24, 2.45) is 5.92 Å². The average Bonchev–Trinajstić information content (AvgIpc) is 3.61. The number of ether oxygens (including phenoxy) is 3. The van der Waals surface area contributed by atoms with Crippen LogP contribution in [0.15, 0.2) is 48.7 Å². The Morgan fingerprint density at radius 1 is 1.03 bits per heavy atom. The Hall–Kier alpha value is -3.83. The molecule has 6 rings (SSSR count). The molecule has 2 N–H and O–H groups in total. The molecule has 0 unspecified atom stereocenters. The molecule has 2 fully saturated rings. The van der Waals surface area contributed by atoms with Crippen LogP contribution in [-0.4, -0.2) is 54.9 Å². The molecule has 3 heterocycles. The number of rotatable bonds is 6. The zero-order chi connectivity index (χ0) is 26.2. The molecule has 3 aromatic rings. The predicted octanol–water partition coefficient (Wildman–Crippen LogP) is 4.42. The Bertz CT molecular complexity index is 1350. The van der Waals surface area contributed by atoms with Crippen LogP contribution in [0.25, 0.3) is 0 Å². The molecule has 1 aromatic heterocycles. The number of urea groups is 1. The molecule has 1 saturated carbocycles. The maximum atomic E-state index is 14.6. The van der Waals surface area contributed by atoms with E-state index < -0.39 is 17.7 Å². The number of amides is 2. The molecule has 8 nitrogen and oxygen atoms in total. The van der Waals surface area contributed by atoms with Crippen molar-refractivity contribution in [3.05, 3.63) is 77.2 Å². The van der Waals surface area contributed by atoms with Gasteiger partial charge in [-0.05, 0) is 30.3 Å². The second-order valence-electron chi connectivity index (χ2n) is 9.52. The standard InChI is InChI=1S/C27H25F3N4O4/c28-19-4-5-20(29)26-24(19)23-18(14-37-26)25(23)33-27(35)32-22-6-3-17(12-31-22)38-16-2-1-15(21(30)11-16)13-34-7-9-36-10-8-34/h1-6,11-12,18,23,25H,7-10,13-14H2,(H2,31,32,33,35)/t18-,23-,25-/m1/s1. The number of pyridine rings is 1. The molecular weight excluding hydrogens is 501 g/mol. The molecule has 0 spiro atoms. The number of aromatic nitrogens is 1. The van der Waals surface area contributed by atoms with Crippen LogP contribution in [0.1, 0.15) is 17.0 Å². The van der Waals surface area contributed by atoms with Gasteiger partial charge in [-0.25, -0.2) is 22.9 Å². The first kappa shape index (κ1) is 24.5. The molecule has 3 atom stereocenters. The minimum atomic E-state index is -0.617. The zero-order valence-electron chi connectivity index (χ0n) is 20.3. The van der Waals surface area contributed by atoms with Crippen LogP contribution in [0.3, 0.4) is 0 Å². The van der Waals surface area contributed by atoms with Crippen LogP contribution in [0.5, 0.6) is 17.2 Å². The summed E-state index contributed by atoms with van der Waals surface area (Å²) >= 11 is 0. The lowest BCUT2D eigenvalue weighted by atomic mass is 10.0. The number of hydrogen-bond acceptors (Lipinski definition) is 6. The van der Waals surface area contributed by atoms with Gasteiger partial charge in [0.1, 0.15) is 29.0 Å². The largest absolute Gasteiger partial charge is 0.490 e. The number of carbonyl (C=O) groups is 1. The predicted molar refractivity (Wildman–Crippen MR) is 131 cm³/mol. The number of nitrogens with one attached hydrogen (secondary N) is 2. The van der Waals surface area contributed by atoms with Gasteiger partial charge in [-0.15, -0.1) is 0 Å². The zero-order valence-corrected chi connectivity index (χ0v) is 20.3. The van der Waals surface area contributed by atoms with Crippen molar-refractivity contribution in [3.8, 4) is 17.2 Å². The topological polar surface area (TPSA) is 85.0 Å². The van der Waals surface area contributed by atoms with E-state index in [2.05, 4.69) is 20.5 Å². The van der Waals surface area contributed by atoms with E-state index >= 15 is 0 Å². The highest BCUT2D eigenvalue weighted by Gasteiger charge is 2.57. The second-order valence-corrected chi connectivity index (χ2v) is 9.52. The first-order valence-corrected chi connectivity index (χ1v) is 12.4. The Labute approximate surface area is 216 Å². The summed E-state index contributed by atoms with van der Waals surface area (Å²) in [6.07, 6.45) is 1.41. The third-order valence-corrected chi connectivity index (χ3v) is 7.05. The third kappa shape index (κ3) is 4.99. The maximum absolute atomic E-state index is 14.6. The van der Waals surface area contributed by atoms with E-state index in [9.17, 15) is 18.0 Å². The summed E-state index contributed by atoms with van der Waals surface area (Å²) in [5, 5.41) is 5.41. The summed E-state index contributed by atoms with van der Waals surface area (Å²) < 4.78 is 59.3. The van der Waals surface area contributed by atoms with Gasteiger partial charge >= 0.3 is 6.03 Å². The molecule has 38 heavy (non-hydrogen) atoms. The van der Waals surface area contributed by atoms with Crippen LogP contribution in [0, 0.1) is 23.4 Å². The summed E-state index contributed by atoms with van der Waals surface area (Å²) in [5.74, 6) is -1.12.